The van der Waals surface area contributed by atoms with Gasteiger partial charge in [-0.3, -0.25) is 9.59 Å². The first-order chi connectivity index (χ1) is 10.5. The summed E-state index contributed by atoms with van der Waals surface area (Å²) in [6.45, 7) is 0. The molecule has 0 radical (unpaired) electrons. The average molecular weight is 328 g/mol. The Morgan fingerprint density at radius 1 is 1.18 bits per heavy atom. The van der Waals surface area contributed by atoms with E-state index in [1.165, 1.54) is 14.2 Å². The number of anilines is 1. The van der Waals surface area contributed by atoms with Crippen LogP contribution in [-0.4, -0.2) is 31.2 Å². The zero-order valence-corrected chi connectivity index (χ0v) is 13.1. The Bertz CT molecular complexity index is 590. The zero-order valence-electron chi connectivity index (χ0n) is 12.4. The molecule has 1 amide bonds. The molecule has 2 N–H and O–H groups in total. The van der Waals surface area contributed by atoms with E-state index in [1.54, 1.807) is 12.1 Å². The van der Waals surface area contributed by atoms with Gasteiger partial charge in [0, 0.05) is 12.0 Å². The first-order valence-electron chi connectivity index (χ1n) is 6.91. The Balaban J connectivity index is 2.12. The number of ether oxygens (including phenoxy) is 2. The number of carbonyl (C=O) groups excluding carboxylic acids is 1. The van der Waals surface area contributed by atoms with E-state index in [0.29, 0.717) is 41.5 Å². The van der Waals surface area contributed by atoms with Gasteiger partial charge in [-0.1, -0.05) is 11.6 Å². The number of amides is 1. The number of carbonyl (C=O) groups is 2. The molecule has 1 aromatic carbocycles. The van der Waals surface area contributed by atoms with Gasteiger partial charge in [0.25, 0.3) is 0 Å². The minimum Gasteiger partial charge on any atom is -0.495 e. The number of benzene rings is 1. The Morgan fingerprint density at radius 3 is 2.36 bits per heavy atom. The van der Waals surface area contributed by atoms with E-state index in [9.17, 15) is 9.59 Å². The molecule has 0 unspecified atom stereocenters. The molecule has 1 fully saturated rings. The smallest absolute Gasteiger partial charge is 0.306 e. The standard InChI is InChI=1S/C15H18ClNO5/c1-21-12-7-13(22-2)11(6-10(12)16)17-14(18)8-3-4-9(5-8)15(19)20/h6-9H,3-5H2,1-2H3,(H,17,18)(H,19,20)/t8-,9+/m1/s1. The van der Waals surface area contributed by atoms with Crippen LogP contribution in [0.2, 0.25) is 5.02 Å². The van der Waals surface area contributed by atoms with Crippen molar-refractivity contribution in [3.8, 4) is 11.5 Å². The molecule has 1 aromatic rings. The number of hydrogen-bond donors (Lipinski definition) is 2. The van der Waals surface area contributed by atoms with Crippen LogP contribution in [0.4, 0.5) is 5.69 Å². The summed E-state index contributed by atoms with van der Waals surface area (Å²) in [4.78, 5) is 23.2. The first-order valence-corrected chi connectivity index (χ1v) is 7.29. The van der Waals surface area contributed by atoms with E-state index < -0.39 is 11.9 Å². The highest BCUT2D eigenvalue weighted by Crippen LogP contribution is 2.37. The predicted octanol–water partition coefficient (Wildman–Crippen LogP) is 2.80. The minimum absolute atomic E-state index is 0.219. The lowest BCUT2D eigenvalue weighted by molar-refractivity contribution is -0.141. The third-order valence-electron chi connectivity index (χ3n) is 3.88. The molecule has 2 atom stereocenters. The Morgan fingerprint density at radius 2 is 1.82 bits per heavy atom. The van der Waals surface area contributed by atoms with E-state index in [0.717, 1.165) is 0 Å². The van der Waals surface area contributed by atoms with Crippen LogP contribution in [0.15, 0.2) is 12.1 Å². The van der Waals surface area contributed by atoms with Crippen molar-refractivity contribution in [1.29, 1.82) is 0 Å². The first kappa shape index (κ1) is 16.4. The van der Waals surface area contributed by atoms with Gasteiger partial charge in [-0.2, -0.15) is 0 Å². The quantitative estimate of drug-likeness (QED) is 0.868. The van der Waals surface area contributed by atoms with Gasteiger partial charge >= 0.3 is 5.97 Å². The molecular formula is C15H18ClNO5. The molecule has 0 bridgehead atoms. The minimum atomic E-state index is -0.847. The molecule has 1 aliphatic carbocycles. The highest BCUT2D eigenvalue weighted by molar-refractivity contribution is 6.32. The number of methoxy groups -OCH3 is 2. The number of aliphatic carboxylic acids is 1. The molecule has 120 valence electrons. The summed E-state index contributed by atoms with van der Waals surface area (Å²) in [5.74, 6) is -0.946. The predicted molar refractivity (Wildman–Crippen MR) is 81.7 cm³/mol. The SMILES string of the molecule is COc1cc(OC)c(NC(=O)[C@@H]2CC[C@H](C(=O)O)C2)cc1Cl. The second-order valence-electron chi connectivity index (χ2n) is 5.22. The fraction of sp³-hybridized carbons (Fsp3) is 0.467. The average Bonchev–Trinajstić information content (AvgIpc) is 2.97. The molecule has 1 saturated carbocycles. The van der Waals surface area contributed by atoms with Crippen molar-refractivity contribution in [3.05, 3.63) is 17.2 Å². The summed E-state index contributed by atoms with van der Waals surface area (Å²) < 4.78 is 10.3. The van der Waals surface area contributed by atoms with Crippen molar-refractivity contribution in [3.63, 3.8) is 0 Å². The second kappa shape index (κ2) is 6.87. The lowest BCUT2D eigenvalue weighted by Crippen LogP contribution is -2.22. The fourth-order valence-electron chi connectivity index (χ4n) is 2.64. The van der Waals surface area contributed by atoms with Gasteiger partial charge in [-0.25, -0.2) is 0 Å². The highest BCUT2D eigenvalue weighted by atomic mass is 35.5. The van der Waals surface area contributed by atoms with Gasteiger partial charge in [0.2, 0.25) is 5.91 Å². The molecule has 7 heteroatoms. The molecule has 2 rings (SSSR count). The number of halogens is 1. The molecule has 0 aromatic heterocycles. The Kier molecular flexibility index (Phi) is 5.13. The molecule has 0 saturated heterocycles. The summed E-state index contributed by atoms with van der Waals surface area (Å²) in [5, 5.41) is 12.1. The van der Waals surface area contributed by atoms with Crippen LogP contribution in [0.1, 0.15) is 19.3 Å². The molecule has 22 heavy (non-hydrogen) atoms. The number of nitrogens with one attached hydrogen (secondary N) is 1. The second-order valence-corrected chi connectivity index (χ2v) is 5.63. The summed E-state index contributed by atoms with van der Waals surface area (Å²) in [5.41, 5.74) is 0.442. The largest absolute Gasteiger partial charge is 0.495 e. The van der Waals surface area contributed by atoms with E-state index >= 15 is 0 Å². The lowest BCUT2D eigenvalue weighted by Gasteiger charge is -2.15. The van der Waals surface area contributed by atoms with E-state index in [2.05, 4.69) is 5.32 Å². The summed E-state index contributed by atoms with van der Waals surface area (Å²) in [6, 6.07) is 3.15. The maximum atomic E-state index is 12.3. The van der Waals surface area contributed by atoms with Crippen LogP contribution in [0, 0.1) is 11.8 Å². The van der Waals surface area contributed by atoms with Crippen LogP contribution in [0.25, 0.3) is 0 Å². The number of rotatable bonds is 5. The van der Waals surface area contributed by atoms with Crippen molar-refractivity contribution in [1.82, 2.24) is 0 Å². The van der Waals surface area contributed by atoms with E-state index in [-0.39, 0.29) is 11.8 Å². The van der Waals surface area contributed by atoms with Gasteiger partial charge in [-0.15, -0.1) is 0 Å². The van der Waals surface area contributed by atoms with Gasteiger partial charge in [0.15, 0.2) is 0 Å². The van der Waals surface area contributed by atoms with Crippen molar-refractivity contribution in [2.75, 3.05) is 19.5 Å². The van der Waals surface area contributed by atoms with Gasteiger partial charge in [-0.05, 0) is 25.3 Å². The lowest BCUT2D eigenvalue weighted by atomic mass is 10.0. The third kappa shape index (κ3) is 3.44. The van der Waals surface area contributed by atoms with Gasteiger partial charge in [0.05, 0.1) is 30.8 Å². The van der Waals surface area contributed by atoms with Crippen LogP contribution in [0.5, 0.6) is 11.5 Å². The van der Waals surface area contributed by atoms with Gasteiger partial charge in [0.1, 0.15) is 11.5 Å². The van der Waals surface area contributed by atoms with E-state index in [1.807, 2.05) is 0 Å². The summed E-state index contributed by atoms with van der Waals surface area (Å²) in [6.07, 6.45) is 1.44. The monoisotopic (exact) mass is 327 g/mol. The molecule has 0 heterocycles. The molecular weight excluding hydrogens is 310 g/mol. The normalized spacial score (nSPS) is 20.5. The summed E-state index contributed by atoms with van der Waals surface area (Å²) in [7, 11) is 2.97. The topological polar surface area (TPSA) is 84.9 Å². The van der Waals surface area contributed by atoms with Crippen LogP contribution in [0.3, 0.4) is 0 Å². The van der Waals surface area contributed by atoms with Crippen LogP contribution >= 0.6 is 11.6 Å². The highest BCUT2D eigenvalue weighted by Gasteiger charge is 2.34. The third-order valence-corrected chi connectivity index (χ3v) is 4.18. The number of carboxylic acid groups (broad SMARTS) is 1. The maximum absolute atomic E-state index is 12.3. The van der Waals surface area contributed by atoms with Gasteiger partial charge < -0.3 is 19.9 Å². The van der Waals surface area contributed by atoms with Crippen LogP contribution in [-0.2, 0) is 9.59 Å². The molecule has 0 spiro atoms. The number of hydrogen-bond acceptors (Lipinski definition) is 4. The van der Waals surface area contributed by atoms with Crippen molar-refractivity contribution < 1.29 is 24.2 Å². The number of carboxylic acids is 1. The molecule has 6 nitrogen and oxygen atoms in total. The Labute approximate surface area is 133 Å². The van der Waals surface area contributed by atoms with Crippen LogP contribution < -0.4 is 14.8 Å². The fourth-order valence-corrected chi connectivity index (χ4v) is 2.88. The van der Waals surface area contributed by atoms with Crippen molar-refractivity contribution in [2.45, 2.75) is 19.3 Å². The molecule has 1 aliphatic rings. The van der Waals surface area contributed by atoms with Crippen molar-refractivity contribution in [2.24, 2.45) is 11.8 Å². The van der Waals surface area contributed by atoms with Crippen molar-refractivity contribution >= 4 is 29.2 Å². The van der Waals surface area contributed by atoms with E-state index in [4.69, 9.17) is 26.2 Å². The Hall–Kier alpha value is -1.95. The summed E-state index contributed by atoms with van der Waals surface area (Å²) >= 11 is 6.06. The molecule has 0 aliphatic heterocycles. The zero-order chi connectivity index (χ0) is 16.3. The maximum Gasteiger partial charge on any atom is 0.306 e.